The van der Waals surface area contributed by atoms with Gasteiger partial charge >= 0.3 is 0 Å². The van der Waals surface area contributed by atoms with Crippen LogP contribution in [0, 0.1) is 11.7 Å². The zero-order valence-corrected chi connectivity index (χ0v) is 17.0. The molecule has 1 N–H and O–H groups in total. The molecule has 0 saturated carbocycles. The average molecular weight is 407 g/mol. The number of amides is 1. The quantitative estimate of drug-likeness (QED) is 0.592. The van der Waals surface area contributed by atoms with Gasteiger partial charge in [0.15, 0.2) is 0 Å². The molecule has 0 unspecified atom stereocenters. The van der Waals surface area contributed by atoms with E-state index in [1.165, 1.54) is 17.5 Å². The van der Waals surface area contributed by atoms with E-state index in [1.54, 1.807) is 0 Å². The van der Waals surface area contributed by atoms with Crippen molar-refractivity contribution in [3.05, 3.63) is 78.1 Å². The van der Waals surface area contributed by atoms with Crippen LogP contribution in [0.3, 0.4) is 0 Å². The fraction of sp³-hybridized carbons (Fsp3) is 0.320. The van der Waals surface area contributed by atoms with Crippen molar-refractivity contribution in [3.8, 4) is 5.75 Å². The van der Waals surface area contributed by atoms with Gasteiger partial charge in [-0.3, -0.25) is 9.69 Å². The molecular weight excluding hydrogens is 379 g/mol. The Morgan fingerprint density at radius 3 is 2.70 bits per heavy atom. The molecule has 5 heteroatoms. The Labute approximate surface area is 176 Å². The number of rotatable bonds is 7. The molecule has 30 heavy (non-hydrogen) atoms. The Hall–Kier alpha value is -2.92. The number of halogens is 1. The molecule has 1 saturated heterocycles. The lowest BCUT2D eigenvalue weighted by Gasteiger charge is -2.32. The number of fused-ring (bicyclic) bond motifs is 1. The van der Waals surface area contributed by atoms with Crippen molar-refractivity contribution in [1.29, 1.82) is 0 Å². The van der Waals surface area contributed by atoms with Crippen LogP contribution in [0.2, 0.25) is 0 Å². The summed E-state index contributed by atoms with van der Waals surface area (Å²) in [6, 6.07) is 20.8. The van der Waals surface area contributed by atoms with E-state index in [4.69, 9.17) is 4.74 Å². The maximum Gasteiger partial charge on any atom is 0.224 e. The lowest BCUT2D eigenvalue weighted by atomic mass is 9.96. The minimum absolute atomic E-state index is 0.0140. The summed E-state index contributed by atoms with van der Waals surface area (Å²) in [5.74, 6) is 0.660. The van der Waals surface area contributed by atoms with Crippen LogP contribution in [0.5, 0.6) is 5.75 Å². The summed E-state index contributed by atoms with van der Waals surface area (Å²) in [5, 5.41) is 5.33. The first kappa shape index (κ1) is 20.4. The molecular formula is C25H27FN2O2. The van der Waals surface area contributed by atoms with Gasteiger partial charge in [-0.05, 0) is 60.0 Å². The van der Waals surface area contributed by atoms with Crippen molar-refractivity contribution in [1.82, 2.24) is 10.2 Å². The van der Waals surface area contributed by atoms with Gasteiger partial charge in [-0.1, -0.05) is 42.5 Å². The number of carbonyl (C=O) groups is 1. The largest absolute Gasteiger partial charge is 0.492 e. The zero-order valence-electron chi connectivity index (χ0n) is 17.0. The summed E-state index contributed by atoms with van der Waals surface area (Å²) in [4.78, 5) is 14.9. The van der Waals surface area contributed by atoms with Gasteiger partial charge in [0, 0.05) is 13.1 Å². The smallest absolute Gasteiger partial charge is 0.224 e. The van der Waals surface area contributed by atoms with Crippen molar-refractivity contribution in [2.75, 3.05) is 26.2 Å². The first-order valence-corrected chi connectivity index (χ1v) is 10.5. The summed E-state index contributed by atoms with van der Waals surface area (Å²) in [6.45, 7) is 3.37. The first-order chi connectivity index (χ1) is 14.7. The Balaban J connectivity index is 1.21. The van der Waals surface area contributed by atoms with Gasteiger partial charge in [0.05, 0.1) is 12.5 Å². The lowest BCUT2D eigenvalue weighted by molar-refractivity contribution is -0.126. The predicted molar refractivity (Wildman–Crippen MR) is 117 cm³/mol. The van der Waals surface area contributed by atoms with E-state index in [1.807, 2.05) is 42.5 Å². The molecule has 1 heterocycles. The number of benzene rings is 3. The van der Waals surface area contributed by atoms with E-state index < -0.39 is 0 Å². The van der Waals surface area contributed by atoms with Crippen LogP contribution >= 0.6 is 0 Å². The summed E-state index contributed by atoms with van der Waals surface area (Å²) in [5.41, 5.74) is 1.07. The number of carbonyl (C=O) groups excluding carboxylic acids is 1. The number of nitrogens with zero attached hydrogens (tertiary/aromatic N) is 1. The van der Waals surface area contributed by atoms with Crippen LogP contribution in [-0.4, -0.2) is 37.0 Å². The van der Waals surface area contributed by atoms with Gasteiger partial charge in [0.1, 0.15) is 18.2 Å². The second-order valence-electron chi connectivity index (χ2n) is 7.85. The Morgan fingerprint density at radius 2 is 1.87 bits per heavy atom. The van der Waals surface area contributed by atoms with Crippen LogP contribution in [0.4, 0.5) is 4.39 Å². The Morgan fingerprint density at radius 1 is 1.07 bits per heavy atom. The third-order valence-electron chi connectivity index (χ3n) is 5.59. The van der Waals surface area contributed by atoms with Gasteiger partial charge in [-0.15, -0.1) is 0 Å². The highest BCUT2D eigenvalue weighted by atomic mass is 19.1. The molecule has 1 fully saturated rings. The number of nitrogens with one attached hydrogen (secondary N) is 1. The van der Waals surface area contributed by atoms with E-state index in [0.29, 0.717) is 13.2 Å². The van der Waals surface area contributed by atoms with Crippen LogP contribution in [-0.2, 0) is 11.3 Å². The molecule has 1 aliphatic heterocycles. The monoisotopic (exact) mass is 406 g/mol. The van der Waals surface area contributed by atoms with Crippen LogP contribution in [0.15, 0.2) is 66.7 Å². The average Bonchev–Trinajstić information content (AvgIpc) is 2.78. The van der Waals surface area contributed by atoms with E-state index in [2.05, 4.69) is 22.3 Å². The number of piperidine rings is 1. The van der Waals surface area contributed by atoms with E-state index in [9.17, 15) is 9.18 Å². The molecule has 1 atom stereocenters. The van der Waals surface area contributed by atoms with E-state index in [-0.39, 0.29) is 17.6 Å². The summed E-state index contributed by atoms with van der Waals surface area (Å²) < 4.78 is 18.9. The normalized spacial score (nSPS) is 17.0. The van der Waals surface area contributed by atoms with Crippen LogP contribution in [0.1, 0.15) is 18.4 Å². The van der Waals surface area contributed by atoms with Crippen molar-refractivity contribution in [2.45, 2.75) is 19.4 Å². The maximum atomic E-state index is 13.1. The van der Waals surface area contributed by atoms with Crippen molar-refractivity contribution >= 4 is 16.7 Å². The second-order valence-corrected chi connectivity index (χ2v) is 7.85. The molecule has 3 aromatic carbocycles. The highest BCUT2D eigenvalue weighted by molar-refractivity contribution is 5.83. The molecule has 0 aromatic heterocycles. The molecule has 4 nitrogen and oxygen atoms in total. The topological polar surface area (TPSA) is 41.6 Å². The highest BCUT2D eigenvalue weighted by Gasteiger charge is 2.25. The van der Waals surface area contributed by atoms with Gasteiger partial charge in [0.25, 0.3) is 0 Å². The summed E-state index contributed by atoms with van der Waals surface area (Å²) in [6.07, 6.45) is 1.89. The van der Waals surface area contributed by atoms with E-state index >= 15 is 0 Å². The molecule has 3 aromatic rings. The SMILES string of the molecule is O=C(NCCOc1ccc2ccccc2c1)[C@H]1CCCN(Cc2ccc(F)cc2)C1. The summed E-state index contributed by atoms with van der Waals surface area (Å²) in [7, 11) is 0. The second kappa shape index (κ2) is 9.72. The van der Waals surface area contributed by atoms with Gasteiger partial charge in [-0.2, -0.15) is 0 Å². The van der Waals surface area contributed by atoms with Crippen LogP contribution in [0.25, 0.3) is 10.8 Å². The minimum atomic E-state index is -0.222. The number of hydrogen-bond acceptors (Lipinski definition) is 3. The number of likely N-dealkylation sites (tertiary alicyclic amines) is 1. The third-order valence-corrected chi connectivity index (χ3v) is 5.59. The third kappa shape index (κ3) is 5.36. The van der Waals surface area contributed by atoms with Gasteiger partial charge < -0.3 is 10.1 Å². The number of hydrogen-bond donors (Lipinski definition) is 1. The molecule has 0 aliphatic carbocycles. The Bertz CT molecular complexity index is 990. The fourth-order valence-corrected chi connectivity index (χ4v) is 4.01. The minimum Gasteiger partial charge on any atom is -0.492 e. The molecule has 0 radical (unpaired) electrons. The summed E-state index contributed by atoms with van der Waals surface area (Å²) >= 11 is 0. The Kier molecular flexibility index (Phi) is 6.60. The van der Waals surface area contributed by atoms with E-state index in [0.717, 1.165) is 49.2 Å². The molecule has 4 rings (SSSR count). The van der Waals surface area contributed by atoms with Crippen molar-refractivity contribution in [2.24, 2.45) is 5.92 Å². The van der Waals surface area contributed by atoms with Crippen LogP contribution < -0.4 is 10.1 Å². The van der Waals surface area contributed by atoms with Gasteiger partial charge in [-0.25, -0.2) is 4.39 Å². The maximum absolute atomic E-state index is 13.1. The zero-order chi connectivity index (χ0) is 20.8. The fourth-order valence-electron chi connectivity index (χ4n) is 4.01. The van der Waals surface area contributed by atoms with Crippen molar-refractivity contribution in [3.63, 3.8) is 0 Å². The molecule has 1 amide bonds. The molecule has 0 spiro atoms. The van der Waals surface area contributed by atoms with Gasteiger partial charge in [0.2, 0.25) is 5.91 Å². The predicted octanol–water partition coefficient (Wildman–Crippen LogP) is 4.39. The highest BCUT2D eigenvalue weighted by Crippen LogP contribution is 2.21. The molecule has 0 bridgehead atoms. The standard InChI is InChI=1S/C25H27FN2O2/c26-23-10-7-19(8-11-23)17-28-14-3-6-22(18-28)25(29)27-13-15-30-24-12-9-20-4-1-2-5-21(20)16-24/h1-2,4-5,7-12,16,22H,3,6,13-15,17-18H2,(H,27,29)/t22-/m0/s1. The number of ether oxygens (including phenoxy) is 1. The van der Waals surface area contributed by atoms with Crippen molar-refractivity contribution < 1.29 is 13.9 Å². The molecule has 1 aliphatic rings. The lowest BCUT2D eigenvalue weighted by Crippen LogP contribution is -2.43. The first-order valence-electron chi connectivity index (χ1n) is 10.5. The molecule has 156 valence electrons.